The molecule has 1 fully saturated rings. The number of hydrogen-bond donors (Lipinski definition) is 1. The number of carbonyl (C=O) groups excluding carboxylic acids is 1. The van der Waals surface area contributed by atoms with Crippen LogP contribution >= 0.6 is 0 Å². The third-order valence-electron chi connectivity index (χ3n) is 5.93. The van der Waals surface area contributed by atoms with Gasteiger partial charge in [-0.3, -0.25) is 9.36 Å². The number of aliphatic hydroxyl groups is 1. The van der Waals surface area contributed by atoms with Crippen molar-refractivity contribution in [3.05, 3.63) is 70.9 Å². The number of benzene rings is 1. The number of likely N-dealkylation sites (tertiary alicyclic amines) is 1. The van der Waals surface area contributed by atoms with Gasteiger partial charge in [-0.05, 0) is 51.3 Å². The van der Waals surface area contributed by atoms with E-state index in [1.807, 2.05) is 51.1 Å². The highest BCUT2D eigenvalue weighted by molar-refractivity contribution is 5.72. The van der Waals surface area contributed by atoms with E-state index >= 15 is 0 Å². The van der Waals surface area contributed by atoms with Crippen LogP contribution in [0.4, 0.5) is 4.79 Å². The highest BCUT2D eigenvalue weighted by Crippen LogP contribution is 2.28. The Balaban J connectivity index is 1.49. The minimum atomic E-state index is -0.911. The van der Waals surface area contributed by atoms with Gasteiger partial charge in [0.25, 0.3) is 5.56 Å². The maximum absolute atomic E-state index is 12.9. The number of nitrogens with zero attached hydrogens (tertiary/aromatic N) is 4. The number of fused-ring (bicyclic) bond motifs is 1. The average Bonchev–Trinajstić information content (AvgIpc) is 3.21. The van der Waals surface area contributed by atoms with Crippen molar-refractivity contribution in [2.75, 3.05) is 6.54 Å². The summed E-state index contributed by atoms with van der Waals surface area (Å²) in [6.07, 6.45) is 2.19. The zero-order valence-corrected chi connectivity index (χ0v) is 20.3. The van der Waals surface area contributed by atoms with Crippen LogP contribution in [0.1, 0.15) is 39.2 Å². The van der Waals surface area contributed by atoms with E-state index in [0.717, 1.165) is 5.56 Å². The molecule has 3 heterocycles. The Kier molecular flexibility index (Phi) is 7.47. The minimum Gasteiger partial charge on any atom is -0.444 e. The van der Waals surface area contributed by atoms with Gasteiger partial charge in [-0.25, -0.2) is 14.8 Å². The van der Waals surface area contributed by atoms with Crippen molar-refractivity contribution in [3.8, 4) is 0 Å². The summed E-state index contributed by atoms with van der Waals surface area (Å²) in [7, 11) is 0. The predicted octanol–water partition coefficient (Wildman–Crippen LogP) is 3.14. The van der Waals surface area contributed by atoms with E-state index in [1.165, 1.54) is 17.1 Å². The molecule has 2 aromatic heterocycles. The summed E-state index contributed by atoms with van der Waals surface area (Å²) in [5, 5.41) is 11.0. The average molecular weight is 481 g/mol. The van der Waals surface area contributed by atoms with Crippen LogP contribution in [-0.2, 0) is 22.6 Å². The molecular weight excluding hydrogens is 448 g/mol. The van der Waals surface area contributed by atoms with Gasteiger partial charge < -0.3 is 19.5 Å². The van der Waals surface area contributed by atoms with Gasteiger partial charge in [0.05, 0.1) is 43.2 Å². The molecule has 0 radical (unpaired) electrons. The third-order valence-corrected chi connectivity index (χ3v) is 5.93. The van der Waals surface area contributed by atoms with Gasteiger partial charge in [-0.2, -0.15) is 0 Å². The Labute approximate surface area is 204 Å². The molecule has 1 amide bonds. The van der Waals surface area contributed by atoms with Crippen LogP contribution in [0.25, 0.3) is 11.0 Å². The standard InChI is InChI=1S/C26H32N4O5/c1-26(2,3)35-25(33)30-13-11-22(34-16-18-8-5-4-6-9-18)21(30)14-19(31)15-29-17-28-20-10-7-12-27-23(20)24(29)32/h4-10,12,17,19,21-22,31H,11,13-16H2,1-3H3. The lowest BCUT2D eigenvalue weighted by Crippen LogP contribution is -2.45. The predicted molar refractivity (Wildman–Crippen MR) is 131 cm³/mol. The lowest BCUT2D eigenvalue weighted by Gasteiger charge is -2.32. The molecule has 1 aliphatic heterocycles. The van der Waals surface area contributed by atoms with Gasteiger partial charge in [-0.15, -0.1) is 0 Å². The number of rotatable bonds is 7. The molecule has 4 rings (SSSR count). The van der Waals surface area contributed by atoms with Crippen molar-refractivity contribution in [3.63, 3.8) is 0 Å². The third kappa shape index (κ3) is 6.23. The fourth-order valence-corrected chi connectivity index (χ4v) is 4.32. The summed E-state index contributed by atoms with van der Waals surface area (Å²) in [5.41, 5.74) is 0.832. The van der Waals surface area contributed by atoms with Gasteiger partial charge in [0.15, 0.2) is 5.52 Å². The van der Waals surface area contributed by atoms with Crippen molar-refractivity contribution in [1.82, 2.24) is 19.4 Å². The molecule has 1 saturated heterocycles. The molecule has 3 atom stereocenters. The van der Waals surface area contributed by atoms with Crippen LogP contribution in [0.5, 0.6) is 0 Å². The summed E-state index contributed by atoms with van der Waals surface area (Å²) in [6.45, 7) is 6.36. The highest BCUT2D eigenvalue weighted by atomic mass is 16.6. The van der Waals surface area contributed by atoms with Gasteiger partial charge in [-0.1, -0.05) is 30.3 Å². The Morgan fingerprint density at radius 1 is 1.17 bits per heavy atom. The summed E-state index contributed by atoms with van der Waals surface area (Å²) in [5.74, 6) is 0. The van der Waals surface area contributed by atoms with Crippen molar-refractivity contribution < 1.29 is 19.4 Å². The summed E-state index contributed by atoms with van der Waals surface area (Å²) in [6, 6.07) is 12.9. The normalized spacial score (nSPS) is 19.1. The molecule has 1 aromatic carbocycles. The second-order valence-corrected chi connectivity index (χ2v) is 9.83. The summed E-state index contributed by atoms with van der Waals surface area (Å²) < 4.78 is 13.2. The van der Waals surface area contributed by atoms with Crippen LogP contribution < -0.4 is 5.56 Å². The van der Waals surface area contributed by atoms with Gasteiger partial charge in [0, 0.05) is 12.7 Å². The van der Waals surface area contributed by atoms with E-state index in [-0.39, 0.29) is 30.1 Å². The molecule has 0 aliphatic carbocycles. The molecule has 1 aliphatic rings. The van der Waals surface area contributed by atoms with Gasteiger partial charge in [0.1, 0.15) is 5.60 Å². The molecule has 9 nitrogen and oxygen atoms in total. The zero-order valence-electron chi connectivity index (χ0n) is 20.3. The highest BCUT2D eigenvalue weighted by Gasteiger charge is 2.40. The van der Waals surface area contributed by atoms with Crippen molar-refractivity contribution >= 4 is 17.1 Å². The summed E-state index contributed by atoms with van der Waals surface area (Å²) in [4.78, 5) is 35.7. The first-order valence-corrected chi connectivity index (χ1v) is 11.8. The van der Waals surface area contributed by atoms with Crippen LogP contribution in [0.3, 0.4) is 0 Å². The molecule has 1 N–H and O–H groups in total. The maximum atomic E-state index is 12.9. The number of pyridine rings is 1. The summed E-state index contributed by atoms with van der Waals surface area (Å²) >= 11 is 0. The number of aromatic nitrogens is 3. The fourth-order valence-electron chi connectivity index (χ4n) is 4.32. The molecule has 0 saturated carbocycles. The molecule has 0 bridgehead atoms. The molecule has 186 valence electrons. The van der Waals surface area contributed by atoms with E-state index in [9.17, 15) is 14.7 Å². The van der Waals surface area contributed by atoms with Crippen LogP contribution in [0, 0.1) is 0 Å². The second kappa shape index (κ2) is 10.5. The molecule has 35 heavy (non-hydrogen) atoms. The maximum Gasteiger partial charge on any atom is 0.410 e. The molecule has 0 spiro atoms. The number of hydrogen-bond acceptors (Lipinski definition) is 7. The number of amides is 1. The smallest absolute Gasteiger partial charge is 0.410 e. The van der Waals surface area contributed by atoms with E-state index in [4.69, 9.17) is 9.47 Å². The lowest BCUT2D eigenvalue weighted by molar-refractivity contribution is -0.0176. The fraction of sp³-hybridized carbons (Fsp3) is 0.462. The van der Waals surface area contributed by atoms with Crippen LogP contribution in [-0.4, -0.2) is 61.0 Å². The lowest BCUT2D eigenvalue weighted by atomic mass is 10.0. The number of ether oxygens (including phenoxy) is 2. The first-order chi connectivity index (χ1) is 16.7. The first-order valence-electron chi connectivity index (χ1n) is 11.8. The van der Waals surface area contributed by atoms with Crippen molar-refractivity contribution in [2.45, 2.75) is 70.6 Å². The second-order valence-electron chi connectivity index (χ2n) is 9.83. The molecule has 3 aromatic rings. The largest absolute Gasteiger partial charge is 0.444 e. The van der Waals surface area contributed by atoms with E-state index < -0.39 is 23.8 Å². The minimum absolute atomic E-state index is 0.0302. The Bertz CT molecular complexity index is 1210. The van der Waals surface area contributed by atoms with E-state index in [0.29, 0.717) is 25.1 Å². The SMILES string of the molecule is CC(C)(C)OC(=O)N1CCC(OCc2ccccc2)C1CC(O)Cn1cnc2cccnc2c1=O. The van der Waals surface area contributed by atoms with Crippen LogP contribution in [0.15, 0.2) is 59.8 Å². The van der Waals surface area contributed by atoms with E-state index in [2.05, 4.69) is 9.97 Å². The van der Waals surface area contributed by atoms with Gasteiger partial charge in [0.2, 0.25) is 0 Å². The zero-order chi connectivity index (χ0) is 25.0. The quantitative estimate of drug-likeness (QED) is 0.554. The monoisotopic (exact) mass is 480 g/mol. The molecule has 3 unspecified atom stereocenters. The molecular formula is C26H32N4O5. The van der Waals surface area contributed by atoms with E-state index in [1.54, 1.807) is 17.0 Å². The van der Waals surface area contributed by atoms with Gasteiger partial charge >= 0.3 is 6.09 Å². The first kappa shape index (κ1) is 24.8. The van der Waals surface area contributed by atoms with Crippen molar-refractivity contribution in [2.24, 2.45) is 0 Å². The Morgan fingerprint density at radius 3 is 2.69 bits per heavy atom. The number of carbonyl (C=O) groups is 1. The number of aliphatic hydroxyl groups excluding tert-OH is 1. The van der Waals surface area contributed by atoms with Crippen molar-refractivity contribution in [1.29, 1.82) is 0 Å². The molecule has 9 heteroatoms. The topological polar surface area (TPSA) is 107 Å². The van der Waals surface area contributed by atoms with Crippen LogP contribution in [0.2, 0.25) is 0 Å². The Hall–Kier alpha value is -3.30. The Morgan fingerprint density at radius 2 is 1.94 bits per heavy atom.